The third-order valence-corrected chi connectivity index (χ3v) is 9.11. The zero-order valence-corrected chi connectivity index (χ0v) is 24.1. The maximum absolute atomic E-state index is 13.9. The number of rotatable bonds is 8. The van der Waals surface area contributed by atoms with Crippen molar-refractivity contribution in [2.45, 2.75) is 37.6 Å². The Labute approximate surface area is 243 Å². The third-order valence-electron chi connectivity index (χ3n) is 8.51. The number of carbonyl (C=O) groups excluding carboxylic acids is 1. The average molecular weight is 605 g/mol. The zero-order chi connectivity index (χ0) is 30.0. The molecular formula is C30H35F3N4O4S. The second-order valence-corrected chi connectivity index (χ2v) is 12.9. The molecule has 2 aliphatic heterocycles. The zero-order valence-electron chi connectivity index (χ0n) is 23.3. The predicted octanol–water partition coefficient (Wildman–Crippen LogP) is 4.45. The van der Waals surface area contributed by atoms with Gasteiger partial charge in [0, 0.05) is 53.6 Å². The van der Waals surface area contributed by atoms with Crippen LogP contribution in [0.4, 0.5) is 18.9 Å². The van der Waals surface area contributed by atoms with Crippen molar-refractivity contribution in [3.63, 3.8) is 0 Å². The van der Waals surface area contributed by atoms with Gasteiger partial charge in [0.05, 0.1) is 12.9 Å². The summed E-state index contributed by atoms with van der Waals surface area (Å²) in [5.41, 5.74) is 2.44. The molecule has 3 heterocycles. The van der Waals surface area contributed by atoms with Crippen LogP contribution >= 0.6 is 0 Å². The Morgan fingerprint density at radius 1 is 1.07 bits per heavy atom. The minimum Gasteiger partial charge on any atom is -0.395 e. The number of anilines is 1. The highest BCUT2D eigenvalue weighted by Gasteiger charge is 2.34. The van der Waals surface area contributed by atoms with Crippen LogP contribution in [0, 0.1) is 23.4 Å². The summed E-state index contributed by atoms with van der Waals surface area (Å²) in [5, 5.41) is 11.3. The Balaban J connectivity index is 1.16. The highest BCUT2D eigenvalue weighted by Crippen LogP contribution is 2.36. The minimum absolute atomic E-state index is 0.0200. The van der Waals surface area contributed by atoms with Crippen LogP contribution in [0.15, 0.2) is 42.6 Å². The van der Waals surface area contributed by atoms with Gasteiger partial charge in [-0.25, -0.2) is 21.6 Å². The number of aromatic amines is 1. The summed E-state index contributed by atoms with van der Waals surface area (Å²) in [6.07, 6.45) is 8.68. The normalized spacial score (nSPS) is 18.6. The van der Waals surface area contributed by atoms with E-state index in [4.69, 9.17) is 0 Å². The van der Waals surface area contributed by atoms with Crippen LogP contribution in [0.5, 0.6) is 0 Å². The smallest absolute Gasteiger partial charge is 0.246 e. The summed E-state index contributed by atoms with van der Waals surface area (Å²) < 4.78 is 66.4. The molecular weight excluding hydrogens is 569 g/mol. The molecule has 2 fully saturated rings. The summed E-state index contributed by atoms with van der Waals surface area (Å²) in [7, 11) is -3.38. The second-order valence-electron chi connectivity index (χ2n) is 11.2. The lowest BCUT2D eigenvalue weighted by Gasteiger charge is -2.43. The Kier molecular flexibility index (Phi) is 8.95. The number of aromatic nitrogens is 1. The van der Waals surface area contributed by atoms with E-state index in [-0.39, 0.29) is 30.0 Å². The standard InChI is InChI=1S/C30H35F3N4O4S/c1-42(40,41)35-22-4-6-26-23(16-22)24(17-34-26)19-8-12-36(13-9-19)27(18-38)20-10-14-37(15-11-20)28(39)7-3-21-2-5-25(31)30(33)29(21)32/h2-7,16-17,19-20,27,34-35,38H,8-15,18H2,1H3. The molecule has 226 valence electrons. The highest BCUT2D eigenvalue weighted by atomic mass is 32.2. The number of sulfonamides is 1. The van der Waals surface area contributed by atoms with E-state index >= 15 is 0 Å². The molecule has 0 aliphatic carbocycles. The number of aliphatic hydroxyl groups excluding tert-OH is 1. The van der Waals surface area contributed by atoms with Gasteiger partial charge in [-0.05, 0) is 92.6 Å². The van der Waals surface area contributed by atoms with Gasteiger partial charge in [-0.2, -0.15) is 0 Å². The number of likely N-dealkylation sites (tertiary alicyclic amines) is 2. The summed E-state index contributed by atoms with van der Waals surface area (Å²) in [6.45, 7) is 2.61. The molecule has 2 saturated heterocycles. The number of H-pyrrole nitrogens is 1. The molecule has 0 radical (unpaired) electrons. The van der Waals surface area contributed by atoms with E-state index in [9.17, 15) is 31.5 Å². The van der Waals surface area contributed by atoms with Crippen LogP contribution in [0.3, 0.4) is 0 Å². The van der Waals surface area contributed by atoms with Crippen molar-refractivity contribution in [2.24, 2.45) is 5.92 Å². The molecule has 42 heavy (non-hydrogen) atoms. The number of halogens is 3. The van der Waals surface area contributed by atoms with E-state index in [1.54, 1.807) is 11.0 Å². The molecule has 2 aliphatic rings. The average Bonchev–Trinajstić information content (AvgIpc) is 3.39. The van der Waals surface area contributed by atoms with Crippen LogP contribution in [-0.4, -0.2) is 79.3 Å². The number of piperidine rings is 2. The summed E-state index contributed by atoms with van der Waals surface area (Å²) in [6, 6.07) is 7.36. The number of carbonyl (C=O) groups is 1. The predicted molar refractivity (Wildman–Crippen MR) is 156 cm³/mol. The SMILES string of the molecule is CS(=O)(=O)Nc1ccc2[nH]cc(C3CCN(C(CO)C4CCN(C(=O)C=Cc5ccc(F)c(F)c5F)CC4)CC3)c2c1. The lowest BCUT2D eigenvalue weighted by atomic mass is 9.84. The lowest BCUT2D eigenvalue weighted by Crippen LogP contribution is -2.50. The fraction of sp³-hybridized carbons (Fsp3) is 0.433. The van der Waals surface area contributed by atoms with Crippen LogP contribution in [-0.2, 0) is 14.8 Å². The van der Waals surface area contributed by atoms with Crippen LogP contribution in [0.1, 0.15) is 42.7 Å². The van der Waals surface area contributed by atoms with Crippen molar-refractivity contribution in [3.8, 4) is 0 Å². The summed E-state index contributed by atoms with van der Waals surface area (Å²) in [5.74, 6) is -3.99. The maximum atomic E-state index is 13.9. The van der Waals surface area contributed by atoms with E-state index in [0.717, 1.165) is 66.9 Å². The Hall–Kier alpha value is -3.35. The number of nitrogens with zero attached hydrogens (tertiary/aromatic N) is 2. The maximum Gasteiger partial charge on any atom is 0.246 e. The third kappa shape index (κ3) is 6.66. The first-order valence-electron chi connectivity index (χ1n) is 14.1. The number of amides is 1. The first-order chi connectivity index (χ1) is 20.0. The molecule has 0 saturated carbocycles. The minimum atomic E-state index is -3.38. The van der Waals surface area contributed by atoms with Crippen molar-refractivity contribution in [1.29, 1.82) is 0 Å². The van der Waals surface area contributed by atoms with Gasteiger partial charge in [0.2, 0.25) is 15.9 Å². The van der Waals surface area contributed by atoms with Crippen molar-refractivity contribution in [3.05, 3.63) is 71.2 Å². The van der Waals surface area contributed by atoms with Crippen molar-refractivity contribution in [2.75, 3.05) is 43.8 Å². The van der Waals surface area contributed by atoms with Gasteiger partial charge in [-0.1, -0.05) is 0 Å². The van der Waals surface area contributed by atoms with E-state index in [1.165, 1.54) is 6.08 Å². The van der Waals surface area contributed by atoms with Gasteiger partial charge in [0.15, 0.2) is 17.5 Å². The molecule has 12 heteroatoms. The fourth-order valence-electron chi connectivity index (χ4n) is 6.30. The van der Waals surface area contributed by atoms with E-state index in [0.29, 0.717) is 37.5 Å². The molecule has 3 N–H and O–H groups in total. The van der Waals surface area contributed by atoms with Gasteiger partial charge in [0.1, 0.15) is 0 Å². The van der Waals surface area contributed by atoms with Crippen molar-refractivity contribution in [1.82, 2.24) is 14.8 Å². The molecule has 8 nitrogen and oxygen atoms in total. The van der Waals surface area contributed by atoms with Gasteiger partial charge < -0.3 is 15.0 Å². The first kappa shape index (κ1) is 30.1. The number of benzene rings is 2. The van der Waals surface area contributed by atoms with E-state index in [2.05, 4.69) is 14.6 Å². The van der Waals surface area contributed by atoms with E-state index < -0.39 is 27.5 Å². The molecule has 1 amide bonds. The van der Waals surface area contributed by atoms with Crippen LogP contribution in [0.2, 0.25) is 0 Å². The summed E-state index contributed by atoms with van der Waals surface area (Å²) in [4.78, 5) is 19.9. The van der Waals surface area contributed by atoms with Gasteiger partial charge >= 0.3 is 0 Å². The van der Waals surface area contributed by atoms with Crippen molar-refractivity contribution >= 4 is 38.6 Å². The molecule has 3 aromatic rings. The Morgan fingerprint density at radius 3 is 2.45 bits per heavy atom. The van der Waals surface area contributed by atoms with Crippen molar-refractivity contribution < 1.29 is 31.5 Å². The molecule has 0 spiro atoms. The number of hydrogen-bond donors (Lipinski definition) is 3. The second kappa shape index (κ2) is 12.5. The molecule has 1 unspecified atom stereocenters. The van der Waals surface area contributed by atoms with Crippen LogP contribution in [0.25, 0.3) is 17.0 Å². The largest absolute Gasteiger partial charge is 0.395 e. The van der Waals surface area contributed by atoms with Crippen LogP contribution < -0.4 is 4.72 Å². The van der Waals surface area contributed by atoms with Gasteiger partial charge in [0.25, 0.3) is 0 Å². The molecule has 5 rings (SSSR count). The number of aliphatic hydroxyl groups is 1. The Bertz CT molecular complexity index is 1580. The highest BCUT2D eigenvalue weighted by molar-refractivity contribution is 7.92. The van der Waals surface area contributed by atoms with Gasteiger partial charge in [-0.3, -0.25) is 14.4 Å². The lowest BCUT2D eigenvalue weighted by molar-refractivity contribution is -0.127. The molecule has 1 atom stereocenters. The number of hydrogen-bond acceptors (Lipinski definition) is 5. The molecule has 0 bridgehead atoms. The monoisotopic (exact) mass is 604 g/mol. The summed E-state index contributed by atoms with van der Waals surface area (Å²) >= 11 is 0. The molecule has 2 aromatic carbocycles. The number of fused-ring (bicyclic) bond motifs is 1. The fourth-order valence-corrected chi connectivity index (χ4v) is 6.86. The Morgan fingerprint density at radius 2 is 1.79 bits per heavy atom. The van der Waals surface area contributed by atoms with Gasteiger partial charge in [-0.15, -0.1) is 0 Å². The topological polar surface area (TPSA) is 106 Å². The number of nitrogens with one attached hydrogen (secondary N) is 2. The molecule has 1 aromatic heterocycles. The first-order valence-corrected chi connectivity index (χ1v) is 16.0. The van der Waals surface area contributed by atoms with E-state index in [1.807, 2.05) is 18.3 Å². The quantitative estimate of drug-likeness (QED) is 0.260.